The van der Waals surface area contributed by atoms with E-state index in [1.807, 2.05) is 49.4 Å². The number of aromatic hydroxyl groups is 1. The molecule has 0 radical (unpaired) electrons. The Bertz CT molecular complexity index is 1570. The Kier molecular flexibility index (Phi) is 6.52. The van der Waals surface area contributed by atoms with E-state index in [0.717, 1.165) is 18.2 Å². The van der Waals surface area contributed by atoms with Crippen molar-refractivity contribution in [2.45, 2.75) is 32.6 Å². The maximum Gasteiger partial charge on any atom is 0.289 e. The van der Waals surface area contributed by atoms with Crippen molar-refractivity contribution in [1.29, 1.82) is 0 Å². The van der Waals surface area contributed by atoms with Crippen LogP contribution in [0.15, 0.2) is 65.1 Å². The first kappa shape index (κ1) is 23.4. The number of benzene rings is 2. The molecule has 9 nitrogen and oxygen atoms in total. The third-order valence-corrected chi connectivity index (χ3v) is 6.78. The van der Waals surface area contributed by atoms with Gasteiger partial charge in [0.25, 0.3) is 11.4 Å². The number of halogens is 2. The molecule has 0 saturated heterocycles. The Hall–Kier alpha value is -3.31. The van der Waals surface area contributed by atoms with E-state index in [4.69, 9.17) is 8.94 Å². The van der Waals surface area contributed by atoms with Gasteiger partial charge in [-0.2, -0.15) is 4.98 Å². The molecule has 2 aromatic carbocycles. The van der Waals surface area contributed by atoms with Gasteiger partial charge in [-0.15, -0.1) is 10.2 Å². The molecule has 178 valence electrons. The normalized spacial score (nSPS) is 11.4. The predicted octanol–water partition coefficient (Wildman–Crippen LogP) is 5.59. The molecule has 0 unspecified atom stereocenters. The third kappa shape index (κ3) is 4.41. The molecule has 0 saturated carbocycles. The zero-order chi connectivity index (χ0) is 24.5. The Morgan fingerprint density at radius 2 is 1.83 bits per heavy atom. The highest BCUT2D eigenvalue weighted by Crippen LogP contribution is 2.36. The van der Waals surface area contributed by atoms with E-state index >= 15 is 0 Å². The SMILES string of the molecule is CCCCc1nc(=O)c(-c2nnc(Cc3noc4ccccc34)o2)c(O)n1-c1c(Br)cccc1Br. The zero-order valence-electron chi connectivity index (χ0n) is 18.5. The van der Waals surface area contributed by atoms with Crippen molar-refractivity contribution in [3.63, 3.8) is 0 Å². The maximum absolute atomic E-state index is 13.0. The molecule has 35 heavy (non-hydrogen) atoms. The highest BCUT2D eigenvalue weighted by Gasteiger charge is 2.26. The Morgan fingerprint density at radius 3 is 2.60 bits per heavy atom. The summed E-state index contributed by atoms with van der Waals surface area (Å²) in [6, 6.07) is 13.0. The summed E-state index contributed by atoms with van der Waals surface area (Å²) >= 11 is 7.08. The zero-order valence-corrected chi connectivity index (χ0v) is 21.7. The fraction of sp³-hybridized carbons (Fsp3) is 0.208. The summed E-state index contributed by atoms with van der Waals surface area (Å²) in [6.07, 6.45) is 2.40. The lowest BCUT2D eigenvalue weighted by Gasteiger charge is -2.18. The van der Waals surface area contributed by atoms with Crippen molar-refractivity contribution < 1.29 is 14.0 Å². The number of fused-ring (bicyclic) bond motifs is 1. The summed E-state index contributed by atoms with van der Waals surface area (Å²) < 4.78 is 14.1. The Balaban J connectivity index is 1.60. The first-order valence-electron chi connectivity index (χ1n) is 10.9. The summed E-state index contributed by atoms with van der Waals surface area (Å²) in [5, 5.41) is 24.3. The summed E-state index contributed by atoms with van der Waals surface area (Å²) in [5.41, 5.74) is 1.07. The highest BCUT2D eigenvalue weighted by atomic mass is 79.9. The van der Waals surface area contributed by atoms with E-state index < -0.39 is 5.56 Å². The van der Waals surface area contributed by atoms with Gasteiger partial charge in [0.2, 0.25) is 11.8 Å². The molecule has 0 amide bonds. The minimum atomic E-state index is -0.643. The largest absolute Gasteiger partial charge is 0.493 e. The van der Waals surface area contributed by atoms with E-state index in [-0.39, 0.29) is 29.6 Å². The van der Waals surface area contributed by atoms with E-state index in [9.17, 15) is 9.90 Å². The standard InChI is InChI=1S/C24H19Br2N5O4/c1-2-3-11-18-27-22(32)20(24(33)31(18)21-14(25)8-6-9-15(21)26)23-29-28-19(34-23)12-16-13-7-4-5-10-17(13)35-30-16/h4-10,33H,2-3,11-12H2,1H3. The van der Waals surface area contributed by atoms with Crippen molar-refractivity contribution >= 4 is 42.8 Å². The van der Waals surface area contributed by atoms with Gasteiger partial charge in [0.15, 0.2) is 11.1 Å². The van der Waals surface area contributed by atoms with Crippen LogP contribution in [0.25, 0.3) is 28.1 Å². The summed E-state index contributed by atoms with van der Waals surface area (Å²) in [6.45, 7) is 2.04. The van der Waals surface area contributed by atoms with Crippen molar-refractivity contribution in [3.05, 3.63) is 79.2 Å². The highest BCUT2D eigenvalue weighted by molar-refractivity contribution is 9.11. The number of aromatic nitrogens is 5. The van der Waals surface area contributed by atoms with Gasteiger partial charge >= 0.3 is 0 Å². The van der Waals surface area contributed by atoms with Gasteiger partial charge < -0.3 is 14.0 Å². The minimum absolute atomic E-state index is 0.123. The van der Waals surface area contributed by atoms with Crippen LogP contribution < -0.4 is 5.56 Å². The molecule has 3 aromatic heterocycles. The lowest BCUT2D eigenvalue weighted by Crippen LogP contribution is -2.20. The fourth-order valence-electron chi connectivity index (χ4n) is 3.82. The monoisotopic (exact) mass is 599 g/mol. The fourth-order valence-corrected chi connectivity index (χ4v) is 5.17. The average molecular weight is 601 g/mol. The van der Waals surface area contributed by atoms with Gasteiger partial charge in [0, 0.05) is 20.8 Å². The van der Waals surface area contributed by atoms with E-state index in [0.29, 0.717) is 38.2 Å². The molecule has 3 heterocycles. The van der Waals surface area contributed by atoms with Gasteiger partial charge in [-0.3, -0.25) is 9.36 Å². The van der Waals surface area contributed by atoms with Crippen LogP contribution in [0.5, 0.6) is 5.88 Å². The lowest BCUT2D eigenvalue weighted by molar-refractivity contribution is 0.424. The quantitative estimate of drug-likeness (QED) is 0.257. The lowest BCUT2D eigenvalue weighted by atomic mass is 10.2. The molecule has 0 spiro atoms. The van der Waals surface area contributed by atoms with E-state index in [2.05, 4.69) is 52.2 Å². The predicted molar refractivity (Wildman–Crippen MR) is 136 cm³/mol. The van der Waals surface area contributed by atoms with Crippen molar-refractivity contribution in [1.82, 2.24) is 24.9 Å². The third-order valence-electron chi connectivity index (χ3n) is 5.50. The van der Waals surface area contributed by atoms with Crippen LogP contribution in [-0.4, -0.2) is 30.0 Å². The molecular weight excluding hydrogens is 582 g/mol. The van der Waals surface area contributed by atoms with Crippen LogP contribution in [0.2, 0.25) is 0 Å². The molecule has 1 N–H and O–H groups in total. The summed E-state index contributed by atoms with van der Waals surface area (Å²) in [5.74, 6) is 0.202. The molecule has 0 aliphatic rings. The van der Waals surface area contributed by atoms with E-state index in [1.165, 1.54) is 4.57 Å². The van der Waals surface area contributed by atoms with Crippen LogP contribution in [0.3, 0.4) is 0 Å². The molecule has 11 heteroatoms. The molecular formula is C24H19Br2N5O4. The van der Waals surface area contributed by atoms with Gasteiger partial charge in [0.05, 0.1) is 12.1 Å². The van der Waals surface area contributed by atoms with Crippen molar-refractivity contribution in [2.75, 3.05) is 0 Å². The van der Waals surface area contributed by atoms with Gasteiger partial charge in [-0.05, 0) is 62.5 Å². The van der Waals surface area contributed by atoms with Gasteiger partial charge in [-0.1, -0.05) is 36.7 Å². The number of nitrogens with zero attached hydrogens (tertiary/aromatic N) is 5. The number of para-hydroxylation sites is 2. The molecule has 0 fully saturated rings. The van der Waals surface area contributed by atoms with Crippen molar-refractivity contribution in [3.8, 4) is 23.0 Å². The number of hydrogen-bond acceptors (Lipinski definition) is 8. The first-order chi connectivity index (χ1) is 17.0. The number of rotatable bonds is 7. The van der Waals surface area contributed by atoms with Crippen molar-refractivity contribution in [2.24, 2.45) is 0 Å². The van der Waals surface area contributed by atoms with Crippen LogP contribution >= 0.6 is 31.9 Å². The molecule has 0 aliphatic carbocycles. The molecule has 5 aromatic rings. The molecule has 0 atom stereocenters. The van der Waals surface area contributed by atoms with Crippen LogP contribution in [0.1, 0.15) is 37.2 Å². The molecule has 5 rings (SSSR count). The second-order valence-electron chi connectivity index (χ2n) is 7.84. The van der Waals surface area contributed by atoms with Crippen LogP contribution in [-0.2, 0) is 12.8 Å². The Morgan fingerprint density at radius 1 is 1.06 bits per heavy atom. The van der Waals surface area contributed by atoms with Gasteiger partial charge in [0.1, 0.15) is 11.5 Å². The second kappa shape index (κ2) is 9.74. The van der Waals surface area contributed by atoms with E-state index in [1.54, 1.807) is 0 Å². The maximum atomic E-state index is 13.0. The number of aryl methyl sites for hydroxylation is 1. The smallest absolute Gasteiger partial charge is 0.289 e. The number of hydrogen-bond donors (Lipinski definition) is 1. The van der Waals surface area contributed by atoms with Crippen LogP contribution in [0, 0.1) is 0 Å². The first-order valence-corrected chi connectivity index (χ1v) is 12.5. The van der Waals surface area contributed by atoms with Gasteiger partial charge in [-0.25, -0.2) is 0 Å². The second-order valence-corrected chi connectivity index (χ2v) is 9.55. The minimum Gasteiger partial charge on any atom is -0.493 e. The Labute approximate surface area is 216 Å². The molecule has 0 bridgehead atoms. The summed E-state index contributed by atoms with van der Waals surface area (Å²) in [4.78, 5) is 17.3. The molecule has 0 aliphatic heterocycles. The average Bonchev–Trinajstić information content (AvgIpc) is 3.46. The number of unbranched alkanes of at least 4 members (excludes halogenated alkanes) is 1. The topological polar surface area (TPSA) is 120 Å². The summed E-state index contributed by atoms with van der Waals surface area (Å²) in [7, 11) is 0. The van der Waals surface area contributed by atoms with Crippen LogP contribution in [0.4, 0.5) is 0 Å².